The van der Waals surface area contributed by atoms with E-state index in [0.717, 1.165) is 11.6 Å². The summed E-state index contributed by atoms with van der Waals surface area (Å²) in [7, 11) is 0. The molecule has 3 aromatic rings. The molecule has 142 valence electrons. The summed E-state index contributed by atoms with van der Waals surface area (Å²) >= 11 is 0. The number of rotatable bonds is 2. The van der Waals surface area contributed by atoms with Gasteiger partial charge in [0.2, 0.25) is 0 Å². The van der Waals surface area contributed by atoms with Crippen LogP contribution in [0.15, 0.2) is 71.5 Å². The summed E-state index contributed by atoms with van der Waals surface area (Å²) in [6.45, 7) is 1.79. The number of aromatic amines is 1. The van der Waals surface area contributed by atoms with Crippen LogP contribution in [0, 0.1) is 16.7 Å². The molecule has 0 amide bonds. The molecule has 0 aliphatic carbocycles. The summed E-state index contributed by atoms with van der Waals surface area (Å²) < 4.78 is 38.4. The minimum Gasteiger partial charge on any atom is -0.321 e. The Bertz CT molecular complexity index is 1050. The molecule has 7 heteroatoms. The molecule has 0 bridgehead atoms. The van der Waals surface area contributed by atoms with Crippen LogP contribution in [-0.2, 0) is 6.18 Å². The molecular weight excluding hydrogens is 367 g/mol. The summed E-state index contributed by atoms with van der Waals surface area (Å²) in [4.78, 5) is 13.8. The van der Waals surface area contributed by atoms with Crippen LogP contribution in [0.1, 0.15) is 23.6 Å². The number of H-pyrrole nitrogens is 1. The van der Waals surface area contributed by atoms with Gasteiger partial charge in [0, 0.05) is 11.4 Å². The van der Waals surface area contributed by atoms with Crippen molar-refractivity contribution in [1.29, 1.82) is 10.7 Å². The average molecular weight is 383 g/mol. The summed E-state index contributed by atoms with van der Waals surface area (Å²) in [6.07, 6.45) is -4.75. The smallest absolute Gasteiger partial charge is 0.321 e. The molecule has 0 unspecified atom stereocenters. The third-order valence-electron chi connectivity index (χ3n) is 3.74. The minimum atomic E-state index is -4.75. The second kappa shape index (κ2) is 8.82. The molecule has 0 saturated carbocycles. The molecule has 0 fully saturated rings. The van der Waals surface area contributed by atoms with Crippen LogP contribution in [0.2, 0.25) is 0 Å². The highest BCUT2D eigenvalue weighted by atomic mass is 19.4. The van der Waals surface area contributed by atoms with Crippen molar-refractivity contribution >= 4 is 5.71 Å². The summed E-state index contributed by atoms with van der Waals surface area (Å²) in [6, 6.07) is 19.9. The lowest BCUT2D eigenvalue weighted by molar-refractivity contribution is -0.137. The number of alkyl halides is 3. The monoisotopic (exact) mass is 383 g/mol. The zero-order valence-corrected chi connectivity index (χ0v) is 14.8. The number of benzene rings is 2. The van der Waals surface area contributed by atoms with Gasteiger partial charge in [-0.15, -0.1) is 0 Å². The molecule has 0 saturated heterocycles. The minimum absolute atomic E-state index is 0.0249. The molecule has 0 aliphatic rings. The first kappa shape index (κ1) is 20.6. The second-order valence-corrected chi connectivity index (χ2v) is 5.77. The predicted octanol–water partition coefficient (Wildman–Crippen LogP) is 5.01. The fourth-order valence-corrected chi connectivity index (χ4v) is 2.36. The fourth-order valence-electron chi connectivity index (χ4n) is 2.36. The van der Waals surface area contributed by atoms with Crippen LogP contribution >= 0.6 is 0 Å². The SMILES string of the molecule is CC(=N)c1ccccc1.N#Cc1c(C(F)(F)F)cc(-c2ccccc2)[nH]c1=O. The van der Waals surface area contributed by atoms with Crippen LogP contribution in [0.25, 0.3) is 11.3 Å². The summed E-state index contributed by atoms with van der Waals surface area (Å²) in [5.74, 6) is 0. The third-order valence-corrected chi connectivity index (χ3v) is 3.74. The van der Waals surface area contributed by atoms with E-state index in [2.05, 4.69) is 4.98 Å². The Morgan fingerprint density at radius 1 is 1.04 bits per heavy atom. The van der Waals surface area contributed by atoms with Gasteiger partial charge in [-0.25, -0.2) is 0 Å². The highest BCUT2D eigenvalue weighted by Crippen LogP contribution is 2.32. The molecule has 28 heavy (non-hydrogen) atoms. The Kier molecular flexibility index (Phi) is 6.51. The van der Waals surface area contributed by atoms with Gasteiger partial charge >= 0.3 is 6.18 Å². The Balaban J connectivity index is 0.000000261. The van der Waals surface area contributed by atoms with Crippen molar-refractivity contribution in [3.63, 3.8) is 0 Å². The van der Waals surface area contributed by atoms with E-state index < -0.39 is 22.9 Å². The number of nitriles is 1. The third kappa shape index (κ3) is 5.17. The Morgan fingerprint density at radius 2 is 1.57 bits per heavy atom. The van der Waals surface area contributed by atoms with Crippen LogP contribution in [0.3, 0.4) is 0 Å². The molecule has 1 aromatic heterocycles. The fraction of sp³-hybridized carbons (Fsp3) is 0.0952. The lowest BCUT2D eigenvalue weighted by Gasteiger charge is -2.10. The first-order chi connectivity index (χ1) is 13.2. The first-order valence-electron chi connectivity index (χ1n) is 8.14. The van der Waals surface area contributed by atoms with Crippen LogP contribution in [-0.4, -0.2) is 10.7 Å². The first-order valence-corrected chi connectivity index (χ1v) is 8.14. The van der Waals surface area contributed by atoms with E-state index in [0.29, 0.717) is 11.3 Å². The van der Waals surface area contributed by atoms with Crippen molar-refractivity contribution in [3.8, 4) is 17.3 Å². The number of aromatic nitrogens is 1. The largest absolute Gasteiger partial charge is 0.417 e. The summed E-state index contributed by atoms with van der Waals surface area (Å²) in [5, 5.41) is 15.9. The zero-order chi connectivity index (χ0) is 20.7. The van der Waals surface area contributed by atoms with Crippen LogP contribution in [0.4, 0.5) is 13.2 Å². The van der Waals surface area contributed by atoms with E-state index in [1.165, 1.54) is 6.07 Å². The van der Waals surface area contributed by atoms with Crippen molar-refractivity contribution in [2.24, 2.45) is 0 Å². The molecule has 3 rings (SSSR count). The number of hydrogen-bond donors (Lipinski definition) is 2. The number of hydrogen-bond acceptors (Lipinski definition) is 3. The van der Waals surface area contributed by atoms with Crippen molar-refractivity contribution in [2.75, 3.05) is 0 Å². The van der Waals surface area contributed by atoms with Gasteiger partial charge in [0.15, 0.2) is 0 Å². The molecule has 1 heterocycles. The van der Waals surface area contributed by atoms with Crippen LogP contribution in [0.5, 0.6) is 0 Å². The second-order valence-electron chi connectivity index (χ2n) is 5.77. The maximum atomic E-state index is 12.8. The molecular formula is C21H16F3N3O. The molecule has 0 spiro atoms. The highest BCUT2D eigenvalue weighted by Gasteiger charge is 2.35. The average Bonchev–Trinajstić information content (AvgIpc) is 2.68. The van der Waals surface area contributed by atoms with Gasteiger partial charge < -0.3 is 10.4 Å². The summed E-state index contributed by atoms with van der Waals surface area (Å²) in [5.41, 5.74) is -1.11. The van der Waals surface area contributed by atoms with Gasteiger partial charge in [-0.1, -0.05) is 60.7 Å². The maximum absolute atomic E-state index is 12.8. The van der Waals surface area contributed by atoms with Gasteiger partial charge in [0.05, 0.1) is 5.56 Å². The lowest BCUT2D eigenvalue weighted by atomic mass is 10.1. The van der Waals surface area contributed by atoms with Gasteiger partial charge in [-0.3, -0.25) is 4.79 Å². The van der Waals surface area contributed by atoms with E-state index in [1.54, 1.807) is 37.3 Å². The Morgan fingerprint density at radius 3 is 2.00 bits per heavy atom. The molecule has 2 aromatic carbocycles. The van der Waals surface area contributed by atoms with E-state index in [-0.39, 0.29) is 5.69 Å². The van der Waals surface area contributed by atoms with Crippen molar-refractivity contribution in [3.05, 3.63) is 93.8 Å². The quantitative estimate of drug-likeness (QED) is 0.610. The van der Waals surface area contributed by atoms with E-state index >= 15 is 0 Å². The van der Waals surface area contributed by atoms with Crippen molar-refractivity contribution in [1.82, 2.24) is 4.98 Å². The number of halogens is 3. The molecule has 4 nitrogen and oxygen atoms in total. The van der Waals surface area contributed by atoms with E-state index in [1.807, 2.05) is 30.3 Å². The normalized spacial score (nSPS) is 10.4. The Hall–Kier alpha value is -3.66. The molecule has 0 radical (unpaired) electrons. The number of nitrogens with one attached hydrogen (secondary N) is 2. The van der Waals surface area contributed by atoms with Gasteiger partial charge in [0.25, 0.3) is 5.56 Å². The predicted molar refractivity (Wildman–Crippen MR) is 101 cm³/mol. The van der Waals surface area contributed by atoms with Crippen molar-refractivity contribution in [2.45, 2.75) is 13.1 Å². The zero-order valence-electron chi connectivity index (χ0n) is 14.8. The van der Waals surface area contributed by atoms with Gasteiger partial charge in [-0.05, 0) is 24.1 Å². The lowest BCUT2D eigenvalue weighted by Crippen LogP contribution is -2.19. The molecule has 2 N–H and O–H groups in total. The van der Waals surface area contributed by atoms with Crippen molar-refractivity contribution < 1.29 is 13.2 Å². The number of pyridine rings is 1. The highest BCUT2D eigenvalue weighted by molar-refractivity contribution is 5.96. The molecule has 0 atom stereocenters. The van der Waals surface area contributed by atoms with Gasteiger partial charge in [-0.2, -0.15) is 18.4 Å². The van der Waals surface area contributed by atoms with Gasteiger partial charge in [0.1, 0.15) is 11.6 Å². The number of nitrogens with zero attached hydrogens (tertiary/aromatic N) is 1. The standard InChI is InChI=1S/C13H7F3N2O.C8H9N/c14-13(15,16)10-6-11(8-4-2-1-3-5-8)18-12(19)9(10)7-17;1-7(9)8-5-3-2-4-6-8/h1-6H,(H,18,19);2-6,9H,1H3. The Labute approximate surface area is 159 Å². The van der Waals surface area contributed by atoms with Crippen LogP contribution < -0.4 is 5.56 Å². The topological polar surface area (TPSA) is 80.5 Å². The van der Waals surface area contributed by atoms with E-state index in [9.17, 15) is 18.0 Å². The van der Waals surface area contributed by atoms with E-state index in [4.69, 9.17) is 10.7 Å². The maximum Gasteiger partial charge on any atom is 0.417 e. The molecule has 0 aliphatic heterocycles.